The highest BCUT2D eigenvalue weighted by Crippen LogP contribution is 2.35. The van der Waals surface area contributed by atoms with E-state index in [1.807, 2.05) is 30.0 Å². The molecule has 3 heteroatoms. The zero-order valence-electron chi connectivity index (χ0n) is 8.03. The smallest absolute Gasteiger partial charge is 0.0804 e. The number of thioether (sulfide) groups is 1. The summed E-state index contributed by atoms with van der Waals surface area (Å²) in [6.07, 6.45) is 0.464. The molecule has 1 aromatic carbocycles. The standard InChI is InChI=1S/C11H13ClOS/c1-7-4-11(13)10-5-9(12)3-2-8(10)6-14-7/h2-3,5,7,11,13H,4,6H2,1H3/t7?,11-/m1/s1. The second-order valence-corrected chi connectivity index (χ2v) is 5.58. The average molecular weight is 229 g/mol. The van der Waals surface area contributed by atoms with Gasteiger partial charge in [0.15, 0.2) is 0 Å². The lowest BCUT2D eigenvalue weighted by Crippen LogP contribution is -2.03. The topological polar surface area (TPSA) is 20.2 Å². The summed E-state index contributed by atoms with van der Waals surface area (Å²) in [5.41, 5.74) is 2.23. The van der Waals surface area contributed by atoms with E-state index in [1.165, 1.54) is 5.56 Å². The Bertz CT molecular complexity index is 340. The van der Waals surface area contributed by atoms with Crippen molar-refractivity contribution in [1.29, 1.82) is 0 Å². The van der Waals surface area contributed by atoms with E-state index in [-0.39, 0.29) is 6.10 Å². The lowest BCUT2D eigenvalue weighted by atomic mass is 10.0. The zero-order valence-corrected chi connectivity index (χ0v) is 9.61. The number of hydrogen-bond acceptors (Lipinski definition) is 2. The highest BCUT2D eigenvalue weighted by molar-refractivity contribution is 7.99. The summed E-state index contributed by atoms with van der Waals surface area (Å²) in [6.45, 7) is 2.15. The molecule has 0 fully saturated rings. The van der Waals surface area contributed by atoms with E-state index in [0.29, 0.717) is 10.3 Å². The fraction of sp³-hybridized carbons (Fsp3) is 0.455. The van der Waals surface area contributed by atoms with Crippen LogP contribution in [0.4, 0.5) is 0 Å². The molecule has 0 aromatic heterocycles. The Labute approximate surface area is 93.5 Å². The van der Waals surface area contributed by atoms with Gasteiger partial charge in [-0.3, -0.25) is 0 Å². The van der Waals surface area contributed by atoms with Crippen LogP contribution in [0.25, 0.3) is 0 Å². The van der Waals surface area contributed by atoms with Crippen LogP contribution in [-0.2, 0) is 5.75 Å². The van der Waals surface area contributed by atoms with E-state index < -0.39 is 0 Å². The predicted molar refractivity (Wildman–Crippen MR) is 61.8 cm³/mol. The van der Waals surface area contributed by atoms with Crippen LogP contribution in [-0.4, -0.2) is 10.4 Å². The van der Waals surface area contributed by atoms with Gasteiger partial charge in [0.2, 0.25) is 0 Å². The van der Waals surface area contributed by atoms with Gasteiger partial charge in [0.1, 0.15) is 0 Å². The minimum Gasteiger partial charge on any atom is -0.388 e. The van der Waals surface area contributed by atoms with Crippen molar-refractivity contribution in [2.45, 2.75) is 30.5 Å². The van der Waals surface area contributed by atoms with Crippen LogP contribution in [0.5, 0.6) is 0 Å². The van der Waals surface area contributed by atoms with E-state index in [4.69, 9.17) is 11.6 Å². The average Bonchev–Trinajstić information content (AvgIpc) is 2.27. The first-order valence-corrected chi connectivity index (χ1v) is 6.17. The fourth-order valence-corrected chi connectivity index (χ4v) is 2.97. The molecule has 0 bridgehead atoms. The molecule has 0 saturated carbocycles. The van der Waals surface area contributed by atoms with E-state index in [1.54, 1.807) is 0 Å². The second kappa shape index (κ2) is 4.13. The molecule has 1 aromatic rings. The van der Waals surface area contributed by atoms with Crippen molar-refractivity contribution in [3.63, 3.8) is 0 Å². The molecule has 0 spiro atoms. The number of fused-ring (bicyclic) bond motifs is 1. The van der Waals surface area contributed by atoms with Gasteiger partial charge in [-0.15, -0.1) is 0 Å². The van der Waals surface area contributed by atoms with Crippen LogP contribution in [0.15, 0.2) is 18.2 Å². The quantitative estimate of drug-likeness (QED) is 0.735. The SMILES string of the molecule is CC1C[C@@H](O)c2cc(Cl)ccc2CS1. The van der Waals surface area contributed by atoms with Gasteiger partial charge in [0.05, 0.1) is 6.10 Å². The monoisotopic (exact) mass is 228 g/mol. The maximum atomic E-state index is 9.96. The van der Waals surface area contributed by atoms with Gasteiger partial charge < -0.3 is 5.11 Å². The first-order valence-electron chi connectivity index (χ1n) is 4.75. The van der Waals surface area contributed by atoms with Gasteiger partial charge >= 0.3 is 0 Å². The summed E-state index contributed by atoms with van der Waals surface area (Å²) in [4.78, 5) is 0. The van der Waals surface area contributed by atoms with Gasteiger partial charge in [-0.2, -0.15) is 11.8 Å². The summed E-state index contributed by atoms with van der Waals surface area (Å²) in [5.74, 6) is 0.977. The number of halogens is 1. The molecule has 0 aliphatic carbocycles. The summed E-state index contributed by atoms with van der Waals surface area (Å²) in [7, 11) is 0. The predicted octanol–water partition coefficient (Wildman–Crippen LogP) is 3.40. The number of hydrogen-bond donors (Lipinski definition) is 1. The number of benzene rings is 1. The van der Waals surface area contributed by atoms with Crippen molar-refractivity contribution in [3.8, 4) is 0 Å². The lowest BCUT2D eigenvalue weighted by Gasteiger charge is -2.12. The Balaban J connectivity index is 2.39. The van der Waals surface area contributed by atoms with E-state index in [2.05, 4.69) is 6.92 Å². The molecule has 1 aliphatic heterocycles. The summed E-state index contributed by atoms with van der Waals surface area (Å²) in [5, 5.41) is 11.2. The Morgan fingerprint density at radius 3 is 3.07 bits per heavy atom. The molecule has 1 nitrogen and oxygen atoms in total. The normalized spacial score (nSPS) is 26.8. The molecule has 1 aliphatic rings. The third-order valence-corrected chi connectivity index (χ3v) is 4.02. The van der Waals surface area contributed by atoms with Crippen molar-refractivity contribution in [2.24, 2.45) is 0 Å². The van der Waals surface area contributed by atoms with Crippen molar-refractivity contribution >= 4 is 23.4 Å². The molecule has 0 saturated heterocycles. The molecule has 2 atom stereocenters. The molecular weight excluding hydrogens is 216 g/mol. The molecule has 1 unspecified atom stereocenters. The molecule has 76 valence electrons. The lowest BCUT2D eigenvalue weighted by molar-refractivity contribution is 0.168. The minimum atomic E-state index is -0.353. The Kier molecular flexibility index (Phi) is 3.05. The van der Waals surface area contributed by atoms with Gasteiger partial charge in [-0.25, -0.2) is 0 Å². The fourth-order valence-electron chi connectivity index (χ4n) is 1.75. The number of aliphatic hydroxyl groups excluding tert-OH is 1. The minimum absolute atomic E-state index is 0.353. The van der Waals surface area contributed by atoms with E-state index in [9.17, 15) is 5.11 Å². The Hall–Kier alpha value is -0.180. The van der Waals surface area contributed by atoms with Gasteiger partial charge in [-0.1, -0.05) is 24.6 Å². The second-order valence-electron chi connectivity index (χ2n) is 3.72. The maximum absolute atomic E-state index is 9.96. The van der Waals surface area contributed by atoms with Gasteiger partial charge in [0.25, 0.3) is 0 Å². The van der Waals surface area contributed by atoms with Crippen LogP contribution in [0.3, 0.4) is 0 Å². The highest BCUT2D eigenvalue weighted by Gasteiger charge is 2.20. The van der Waals surface area contributed by atoms with Gasteiger partial charge in [0, 0.05) is 16.0 Å². The van der Waals surface area contributed by atoms with Gasteiger partial charge in [-0.05, 0) is 29.7 Å². The summed E-state index contributed by atoms with van der Waals surface area (Å²) in [6, 6.07) is 5.80. The van der Waals surface area contributed by atoms with Crippen molar-refractivity contribution in [1.82, 2.24) is 0 Å². The van der Waals surface area contributed by atoms with E-state index in [0.717, 1.165) is 17.7 Å². The Morgan fingerprint density at radius 1 is 1.50 bits per heavy atom. The van der Waals surface area contributed by atoms with Crippen molar-refractivity contribution in [3.05, 3.63) is 34.3 Å². The molecule has 2 rings (SSSR count). The molecule has 0 amide bonds. The summed E-state index contributed by atoms with van der Waals surface area (Å²) >= 11 is 7.80. The zero-order chi connectivity index (χ0) is 10.1. The molecular formula is C11H13ClOS. The third-order valence-electron chi connectivity index (χ3n) is 2.55. The largest absolute Gasteiger partial charge is 0.388 e. The first kappa shape index (κ1) is 10.3. The van der Waals surface area contributed by atoms with Crippen LogP contribution in [0.2, 0.25) is 5.02 Å². The van der Waals surface area contributed by atoms with Crippen molar-refractivity contribution in [2.75, 3.05) is 0 Å². The highest BCUT2D eigenvalue weighted by atomic mass is 35.5. The maximum Gasteiger partial charge on any atom is 0.0804 e. The number of aliphatic hydroxyl groups is 1. The van der Waals surface area contributed by atoms with E-state index >= 15 is 0 Å². The van der Waals surface area contributed by atoms with Crippen LogP contribution >= 0.6 is 23.4 Å². The molecule has 1 N–H and O–H groups in total. The number of rotatable bonds is 0. The third kappa shape index (κ3) is 2.08. The Morgan fingerprint density at radius 2 is 2.29 bits per heavy atom. The first-order chi connectivity index (χ1) is 6.66. The summed E-state index contributed by atoms with van der Waals surface area (Å²) < 4.78 is 0. The van der Waals surface area contributed by atoms with Crippen LogP contribution in [0, 0.1) is 0 Å². The van der Waals surface area contributed by atoms with Crippen molar-refractivity contribution < 1.29 is 5.11 Å². The van der Waals surface area contributed by atoms with Crippen LogP contribution < -0.4 is 0 Å². The molecule has 1 heterocycles. The molecule has 0 radical (unpaired) electrons. The molecule has 14 heavy (non-hydrogen) atoms. The van der Waals surface area contributed by atoms with Crippen LogP contribution in [0.1, 0.15) is 30.6 Å².